The maximum atomic E-state index is 13.9. The highest BCUT2D eigenvalue weighted by Crippen LogP contribution is 2.30. The maximum Gasteiger partial charge on any atom is 0.417 e. The molecular weight excluding hydrogens is 658 g/mol. The lowest BCUT2D eigenvalue weighted by molar-refractivity contribution is -0.166. The zero-order valence-corrected chi connectivity index (χ0v) is 28.9. The average molecular weight is 702 g/mol. The Labute approximate surface area is 296 Å². The van der Waals surface area contributed by atoms with E-state index in [-0.39, 0.29) is 44.8 Å². The number of carbonyl (C=O) groups is 5. The van der Waals surface area contributed by atoms with E-state index in [4.69, 9.17) is 23.7 Å². The number of hydrogen-bond donors (Lipinski definition) is 1. The average Bonchev–Trinajstić information content (AvgIpc) is 3.53. The maximum absolute atomic E-state index is 13.9. The fraction of sp³-hybridized carbons (Fsp3) is 0.359. The molecule has 270 valence electrons. The van der Waals surface area contributed by atoms with E-state index in [1.165, 1.54) is 0 Å². The molecule has 1 aliphatic rings. The highest BCUT2D eigenvalue weighted by molar-refractivity contribution is 6.25. The lowest BCUT2D eigenvalue weighted by Gasteiger charge is -2.28. The van der Waals surface area contributed by atoms with Crippen LogP contribution in [0.15, 0.2) is 91.0 Å². The van der Waals surface area contributed by atoms with E-state index in [1.54, 1.807) is 48.5 Å². The molecule has 0 bridgehead atoms. The number of nitrogens with zero attached hydrogens (tertiary/aromatic N) is 1. The van der Waals surface area contributed by atoms with Crippen molar-refractivity contribution in [1.29, 1.82) is 0 Å². The lowest BCUT2D eigenvalue weighted by Crippen LogP contribution is -2.51. The number of carbonyl (C=O) groups excluding carboxylic acids is 5. The summed E-state index contributed by atoms with van der Waals surface area (Å²) in [6, 6.07) is 24.4. The zero-order valence-electron chi connectivity index (χ0n) is 28.9. The highest BCUT2D eigenvalue weighted by Gasteiger charge is 2.46. The summed E-state index contributed by atoms with van der Waals surface area (Å²) >= 11 is 0. The van der Waals surface area contributed by atoms with Crippen LogP contribution in [0.2, 0.25) is 0 Å². The summed E-state index contributed by atoms with van der Waals surface area (Å²) in [4.78, 5) is 67.2. The van der Waals surface area contributed by atoms with Crippen molar-refractivity contribution in [2.24, 2.45) is 0 Å². The number of methoxy groups -OCH3 is 1. The first-order chi connectivity index (χ1) is 24.6. The number of ether oxygens (including phenoxy) is 5. The third-order valence-electron chi connectivity index (χ3n) is 8.08. The van der Waals surface area contributed by atoms with E-state index in [2.05, 4.69) is 0 Å². The third kappa shape index (κ3) is 11.0. The molecule has 2 amide bonds. The van der Waals surface area contributed by atoms with Crippen LogP contribution in [0.3, 0.4) is 0 Å². The fourth-order valence-corrected chi connectivity index (χ4v) is 5.51. The Bertz CT molecular complexity index is 1670. The van der Waals surface area contributed by atoms with Gasteiger partial charge in [-0.2, -0.15) is 0 Å². The Morgan fingerprint density at radius 3 is 2.33 bits per heavy atom. The fourth-order valence-electron chi connectivity index (χ4n) is 5.51. The van der Waals surface area contributed by atoms with Gasteiger partial charge < -0.3 is 28.8 Å². The summed E-state index contributed by atoms with van der Waals surface area (Å²) in [5.74, 6) is -3.12. The molecule has 0 radical (unpaired) electrons. The summed E-state index contributed by atoms with van der Waals surface area (Å²) in [5, 5.41) is 9.70. The molecule has 4 rings (SSSR count). The number of rotatable bonds is 19. The molecule has 0 aliphatic carbocycles. The second kappa shape index (κ2) is 19.4. The topological polar surface area (TPSA) is 155 Å². The number of ketones is 2. The summed E-state index contributed by atoms with van der Waals surface area (Å²) in [6.45, 7) is 3.14. The van der Waals surface area contributed by atoms with Crippen LogP contribution in [-0.2, 0) is 49.5 Å². The van der Waals surface area contributed by atoms with E-state index >= 15 is 0 Å². The van der Waals surface area contributed by atoms with Gasteiger partial charge in [-0.05, 0) is 36.1 Å². The van der Waals surface area contributed by atoms with Crippen molar-refractivity contribution < 1.29 is 52.8 Å². The molecule has 0 aromatic heterocycles. The van der Waals surface area contributed by atoms with Crippen LogP contribution >= 0.6 is 0 Å². The Hall–Kier alpha value is -5.01. The Kier molecular flexibility index (Phi) is 14.8. The van der Waals surface area contributed by atoms with Crippen LogP contribution in [0.25, 0.3) is 5.57 Å². The number of esters is 1. The van der Waals surface area contributed by atoms with Gasteiger partial charge in [0.1, 0.15) is 18.8 Å². The molecule has 1 fully saturated rings. The smallest absolute Gasteiger partial charge is 0.417 e. The number of aliphatic hydroxyl groups is 1. The van der Waals surface area contributed by atoms with Crippen LogP contribution in [0, 0.1) is 6.92 Å². The van der Waals surface area contributed by atoms with Crippen molar-refractivity contribution in [1.82, 2.24) is 4.90 Å². The van der Waals surface area contributed by atoms with Crippen LogP contribution in [0.5, 0.6) is 0 Å². The van der Waals surface area contributed by atoms with Gasteiger partial charge in [-0.3, -0.25) is 19.2 Å². The first-order valence-electron chi connectivity index (χ1n) is 16.6. The Balaban J connectivity index is 1.49. The molecule has 1 saturated heterocycles. The lowest BCUT2D eigenvalue weighted by atomic mass is 9.94. The van der Waals surface area contributed by atoms with Gasteiger partial charge in [0.2, 0.25) is 0 Å². The second-order valence-corrected chi connectivity index (χ2v) is 11.9. The molecule has 3 aromatic rings. The van der Waals surface area contributed by atoms with Gasteiger partial charge in [0.05, 0.1) is 19.8 Å². The minimum atomic E-state index is -1.83. The van der Waals surface area contributed by atoms with Crippen LogP contribution in [0.1, 0.15) is 48.1 Å². The van der Waals surface area contributed by atoms with Crippen molar-refractivity contribution in [2.75, 3.05) is 33.5 Å². The van der Waals surface area contributed by atoms with Gasteiger partial charge in [0.25, 0.3) is 5.91 Å². The minimum Gasteiger partial charge on any atom is -0.451 e. The number of imide groups is 1. The van der Waals surface area contributed by atoms with Crippen LogP contribution in [0.4, 0.5) is 4.79 Å². The molecule has 51 heavy (non-hydrogen) atoms. The number of aryl methyl sites for hydroxylation is 1. The molecule has 0 spiro atoms. The molecule has 0 saturated carbocycles. The molecule has 1 aliphatic heterocycles. The van der Waals surface area contributed by atoms with Crippen molar-refractivity contribution in [3.8, 4) is 0 Å². The summed E-state index contributed by atoms with van der Waals surface area (Å²) in [5.41, 5.74) is 2.88. The van der Waals surface area contributed by atoms with Crippen LogP contribution in [-0.4, -0.2) is 91.4 Å². The van der Waals surface area contributed by atoms with E-state index in [9.17, 15) is 29.1 Å². The van der Waals surface area contributed by atoms with Gasteiger partial charge in [0.15, 0.2) is 23.8 Å². The van der Waals surface area contributed by atoms with Gasteiger partial charge in [-0.25, -0.2) is 9.69 Å². The molecular formula is C39H43NO11. The van der Waals surface area contributed by atoms with E-state index in [0.29, 0.717) is 17.7 Å². The number of allylic oxidation sites excluding steroid dienone is 1. The largest absolute Gasteiger partial charge is 0.451 e. The van der Waals surface area contributed by atoms with Gasteiger partial charge in [-0.1, -0.05) is 90.5 Å². The number of cyclic esters (lactones) is 1. The molecule has 1 N–H and O–H groups in total. The van der Waals surface area contributed by atoms with Crippen molar-refractivity contribution in [3.05, 3.63) is 113 Å². The number of Topliss-reactive ketones (excluding diaryl/α,β-unsaturated/α-hetero) is 1. The number of amides is 2. The molecule has 4 atom stereocenters. The van der Waals surface area contributed by atoms with Crippen LogP contribution < -0.4 is 0 Å². The molecule has 12 heteroatoms. The molecule has 1 heterocycles. The molecule has 12 nitrogen and oxygen atoms in total. The predicted octanol–water partition coefficient (Wildman–Crippen LogP) is 4.56. The van der Waals surface area contributed by atoms with Crippen molar-refractivity contribution in [3.63, 3.8) is 0 Å². The van der Waals surface area contributed by atoms with E-state index < -0.39 is 53.9 Å². The summed E-state index contributed by atoms with van der Waals surface area (Å²) in [7, 11) is 1.15. The first kappa shape index (κ1) is 38.8. The minimum absolute atomic E-state index is 0.00897. The SMILES string of the molecule is CO[C@H](C(=O)N1C(=O)OC[C@@H]1c1ccccc1)[C@H](OC(C)=O)C(=O)/C=C(\C(=O)CCCOC[C@@H](CO)OCc1ccccc1)c1cccc(C)c1. The van der Waals surface area contributed by atoms with Crippen molar-refractivity contribution in [2.45, 2.75) is 57.6 Å². The standard InChI is InChI=1S/C39H43NO11/c1-26-12-10-17-30(20-26)32(34(43)18-11-19-48-24-31(22-41)49-23-28-13-6-4-7-14-28)21-35(44)36(51-27(2)42)37(47-3)38(45)40-33(25-50-39(40)46)29-15-8-5-9-16-29/h4-10,12-17,20-21,31,33,36-37,41H,11,18-19,22-25H2,1-3H3/b32-21-/t31-,33-,36-,37+/m1/s1. The molecule has 3 aromatic carbocycles. The molecule has 0 unspecified atom stereocenters. The number of aliphatic hydroxyl groups excluding tert-OH is 1. The summed E-state index contributed by atoms with van der Waals surface area (Å²) < 4.78 is 27.3. The normalized spacial score (nSPS) is 16.2. The Morgan fingerprint density at radius 1 is 0.980 bits per heavy atom. The van der Waals surface area contributed by atoms with Gasteiger partial charge >= 0.3 is 12.1 Å². The highest BCUT2D eigenvalue weighted by atomic mass is 16.6. The first-order valence-corrected chi connectivity index (χ1v) is 16.6. The van der Waals surface area contributed by atoms with E-state index in [0.717, 1.165) is 36.1 Å². The predicted molar refractivity (Wildman–Crippen MR) is 185 cm³/mol. The number of hydrogen-bond acceptors (Lipinski definition) is 11. The van der Waals surface area contributed by atoms with Gasteiger partial charge in [0, 0.05) is 32.6 Å². The van der Waals surface area contributed by atoms with E-state index in [1.807, 2.05) is 43.3 Å². The van der Waals surface area contributed by atoms with Crippen molar-refractivity contribution >= 4 is 35.1 Å². The monoisotopic (exact) mass is 701 g/mol. The second-order valence-electron chi connectivity index (χ2n) is 11.9. The quantitative estimate of drug-likeness (QED) is 0.106. The zero-order chi connectivity index (χ0) is 36.8. The number of benzene rings is 3. The summed E-state index contributed by atoms with van der Waals surface area (Å²) in [6.07, 6.45) is -3.73. The third-order valence-corrected chi connectivity index (χ3v) is 8.08. The Morgan fingerprint density at radius 2 is 1.69 bits per heavy atom. The van der Waals surface area contributed by atoms with Gasteiger partial charge in [-0.15, -0.1) is 0 Å².